The molecule has 7 heteroatoms. The second kappa shape index (κ2) is 11.9. The molecule has 0 saturated heterocycles. The first-order chi connectivity index (χ1) is 17.4. The third-order valence-corrected chi connectivity index (χ3v) is 8.60. The summed E-state index contributed by atoms with van der Waals surface area (Å²) in [6.07, 6.45) is 16.3. The topological polar surface area (TPSA) is 61.4 Å². The van der Waals surface area contributed by atoms with Crippen LogP contribution in [0.3, 0.4) is 0 Å². The summed E-state index contributed by atoms with van der Waals surface area (Å²) in [7, 11) is -2.18. The number of benzene rings is 2. The Morgan fingerprint density at radius 1 is 1.11 bits per heavy atom. The molecule has 1 unspecified atom stereocenters. The Morgan fingerprint density at radius 3 is 2.78 bits per heavy atom. The summed E-state index contributed by atoms with van der Waals surface area (Å²) in [5.74, 6) is -0.624. The van der Waals surface area contributed by atoms with Crippen LogP contribution in [0, 0.1) is 19.2 Å². The van der Waals surface area contributed by atoms with Crippen LogP contribution in [-0.2, 0) is 10.0 Å². The molecule has 0 saturated carbocycles. The van der Waals surface area contributed by atoms with E-state index >= 15 is 4.39 Å². The van der Waals surface area contributed by atoms with E-state index in [2.05, 4.69) is 35.3 Å². The molecule has 1 heterocycles. The highest BCUT2D eigenvalue weighted by Crippen LogP contribution is 2.37. The number of aryl methyl sites for hydroxylation is 1. The smallest absolute Gasteiger partial charge is 0.267 e. The molecular weight excluding hydrogens is 473 g/mol. The standard InChI is InChI=1S/C29H35FN3O2S/c1-22-10-9-15-27-29(22)33(19-18-32-27)36(34,35)28-20-24(16-17-26(28)30)25(21-31-2)14-8-7-13-23-11-5-3-4-6-12-23/h3-6,9-12,15-17,20,25,31-32H,7-8,13-14,18-19,21H2,1-2H3. The Kier molecular flexibility index (Phi) is 8.64. The maximum Gasteiger partial charge on any atom is 0.267 e. The highest BCUT2D eigenvalue weighted by molar-refractivity contribution is 7.92. The third kappa shape index (κ3) is 5.90. The third-order valence-electron chi connectivity index (χ3n) is 6.78. The van der Waals surface area contributed by atoms with E-state index in [1.54, 1.807) is 12.1 Å². The quantitative estimate of drug-likeness (QED) is 0.394. The fourth-order valence-electron chi connectivity index (χ4n) is 4.93. The summed E-state index contributed by atoms with van der Waals surface area (Å²) in [4.78, 5) is -0.256. The zero-order valence-corrected chi connectivity index (χ0v) is 21.8. The van der Waals surface area contributed by atoms with Crippen LogP contribution in [0.5, 0.6) is 0 Å². The Labute approximate surface area is 214 Å². The lowest BCUT2D eigenvalue weighted by molar-refractivity contribution is 0.536. The maximum atomic E-state index is 15.0. The first-order valence-corrected chi connectivity index (χ1v) is 14.0. The highest BCUT2D eigenvalue weighted by atomic mass is 32.2. The second-order valence-electron chi connectivity index (χ2n) is 9.34. The Balaban J connectivity index is 1.53. The number of fused-ring (bicyclic) bond motifs is 1. The number of anilines is 2. The van der Waals surface area contributed by atoms with Crippen molar-refractivity contribution in [3.63, 3.8) is 0 Å². The zero-order valence-electron chi connectivity index (χ0n) is 21.0. The molecule has 0 spiro atoms. The highest BCUT2D eigenvalue weighted by Gasteiger charge is 2.33. The predicted octanol–water partition coefficient (Wildman–Crippen LogP) is 5.88. The van der Waals surface area contributed by atoms with Crippen LogP contribution in [0.15, 0.2) is 77.2 Å². The van der Waals surface area contributed by atoms with Crippen molar-refractivity contribution < 1.29 is 12.8 Å². The number of unbranched alkanes of at least 4 members (excludes halogenated alkanes) is 1. The Morgan fingerprint density at radius 2 is 1.94 bits per heavy atom. The summed E-state index contributed by atoms with van der Waals surface area (Å²) < 4.78 is 43.9. The molecule has 1 aliphatic heterocycles. The van der Waals surface area contributed by atoms with Gasteiger partial charge in [-0.15, -0.1) is 0 Å². The summed E-state index contributed by atoms with van der Waals surface area (Å²) in [5.41, 5.74) is 4.32. The molecule has 0 bridgehead atoms. The number of sulfonamides is 1. The van der Waals surface area contributed by atoms with Gasteiger partial charge in [0, 0.05) is 19.5 Å². The van der Waals surface area contributed by atoms with E-state index in [-0.39, 0.29) is 17.4 Å². The lowest BCUT2D eigenvalue weighted by Gasteiger charge is -2.33. The number of hydrogen-bond donors (Lipinski definition) is 2. The normalized spacial score (nSPS) is 16.2. The molecule has 2 aromatic rings. The molecule has 4 rings (SSSR count). The van der Waals surface area contributed by atoms with Gasteiger partial charge in [-0.3, -0.25) is 4.31 Å². The molecule has 2 aliphatic rings. The number of likely N-dealkylation sites (N-methyl/N-ethyl adjacent to an activating group) is 1. The van der Waals surface area contributed by atoms with Gasteiger partial charge < -0.3 is 10.6 Å². The molecule has 5 nitrogen and oxygen atoms in total. The molecule has 191 valence electrons. The largest absolute Gasteiger partial charge is 0.382 e. The van der Waals surface area contributed by atoms with Crippen LogP contribution in [0.2, 0.25) is 0 Å². The molecular formula is C29H35FN3O2S. The molecule has 1 atom stereocenters. The predicted molar refractivity (Wildman–Crippen MR) is 146 cm³/mol. The van der Waals surface area contributed by atoms with Gasteiger partial charge in [0.05, 0.1) is 17.9 Å². The zero-order chi connectivity index (χ0) is 25.5. The van der Waals surface area contributed by atoms with Gasteiger partial charge in [-0.1, -0.05) is 60.6 Å². The summed E-state index contributed by atoms with van der Waals surface area (Å²) >= 11 is 0. The lowest BCUT2D eigenvalue weighted by Crippen LogP contribution is -2.39. The first-order valence-electron chi connectivity index (χ1n) is 12.6. The van der Waals surface area contributed by atoms with Crippen molar-refractivity contribution in [2.24, 2.45) is 0 Å². The molecule has 2 aromatic carbocycles. The van der Waals surface area contributed by atoms with E-state index in [0.717, 1.165) is 42.5 Å². The fraction of sp³-hybridized carbons (Fsp3) is 0.345. The van der Waals surface area contributed by atoms with Crippen molar-refractivity contribution in [1.29, 1.82) is 0 Å². The number of allylic oxidation sites excluding steroid dienone is 6. The van der Waals surface area contributed by atoms with Gasteiger partial charge in [-0.25, -0.2) is 12.8 Å². The average molecular weight is 509 g/mol. The van der Waals surface area contributed by atoms with Crippen molar-refractivity contribution in [2.75, 3.05) is 36.3 Å². The van der Waals surface area contributed by atoms with E-state index in [1.807, 2.05) is 44.3 Å². The molecule has 36 heavy (non-hydrogen) atoms. The number of nitrogens with zero attached hydrogens (tertiary/aromatic N) is 1. The minimum absolute atomic E-state index is 0.0912. The molecule has 2 N–H and O–H groups in total. The molecule has 0 aromatic heterocycles. The second-order valence-corrected chi connectivity index (χ2v) is 11.2. The van der Waals surface area contributed by atoms with Gasteiger partial charge in [0.25, 0.3) is 10.0 Å². The number of rotatable bonds is 10. The minimum Gasteiger partial charge on any atom is -0.382 e. The molecule has 1 aliphatic carbocycles. The molecule has 1 radical (unpaired) electrons. The van der Waals surface area contributed by atoms with E-state index in [1.165, 1.54) is 15.9 Å². The van der Waals surface area contributed by atoms with E-state index < -0.39 is 15.8 Å². The Bertz CT molecular complexity index is 1270. The summed E-state index contributed by atoms with van der Waals surface area (Å²) in [6, 6.07) is 10.2. The van der Waals surface area contributed by atoms with Gasteiger partial charge in [0.2, 0.25) is 0 Å². The van der Waals surface area contributed by atoms with E-state index in [0.29, 0.717) is 18.8 Å². The van der Waals surface area contributed by atoms with Crippen LogP contribution in [-0.4, -0.2) is 35.1 Å². The van der Waals surface area contributed by atoms with Gasteiger partial charge in [-0.05, 0) is 68.5 Å². The van der Waals surface area contributed by atoms with Gasteiger partial charge in [-0.2, -0.15) is 0 Å². The number of nitrogens with one attached hydrogen (secondary N) is 2. The summed E-state index contributed by atoms with van der Waals surface area (Å²) in [5, 5.41) is 6.48. The first kappa shape index (κ1) is 26.2. The van der Waals surface area contributed by atoms with Crippen molar-refractivity contribution in [3.8, 4) is 0 Å². The molecule has 0 amide bonds. The van der Waals surface area contributed by atoms with Crippen LogP contribution in [0.1, 0.15) is 42.7 Å². The van der Waals surface area contributed by atoms with Crippen molar-refractivity contribution in [3.05, 3.63) is 95.7 Å². The Hall–Kier alpha value is -2.90. The maximum absolute atomic E-state index is 15.0. The van der Waals surface area contributed by atoms with Crippen molar-refractivity contribution in [1.82, 2.24) is 5.32 Å². The monoisotopic (exact) mass is 508 g/mol. The van der Waals surface area contributed by atoms with Crippen molar-refractivity contribution >= 4 is 21.4 Å². The number of hydrogen-bond acceptors (Lipinski definition) is 4. The van der Waals surface area contributed by atoms with Crippen LogP contribution in [0.4, 0.5) is 15.8 Å². The van der Waals surface area contributed by atoms with Crippen LogP contribution >= 0.6 is 0 Å². The lowest BCUT2D eigenvalue weighted by atomic mass is 9.92. The minimum atomic E-state index is -4.07. The van der Waals surface area contributed by atoms with Crippen LogP contribution in [0.25, 0.3) is 0 Å². The van der Waals surface area contributed by atoms with E-state index in [4.69, 9.17) is 0 Å². The number of para-hydroxylation sites is 1. The van der Waals surface area contributed by atoms with Gasteiger partial charge in [0.1, 0.15) is 10.7 Å². The van der Waals surface area contributed by atoms with Gasteiger partial charge >= 0.3 is 0 Å². The van der Waals surface area contributed by atoms with Crippen molar-refractivity contribution in [2.45, 2.75) is 43.4 Å². The average Bonchev–Trinajstić information content (AvgIpc) is 3.15. The SMILES string of the molecule is CNCC(CCCCC1=CC=CC=C[CH]1)c1ccc(F)c(S(=O)(=O)N2CCNc3cccc(C)c32)c1. The number of halogens is 1. The van der Waals surface area contributed by atoms with Crippen LogP contribution < -0.4 is 14.9 Å². The van der Waals surface area contributed by atoms with Gasteiger partial charge in [0.15, 0.2) is 0 Å². The fourth-order valence-corrected chi connectivity index (χ4v) is 6.58. The molecule has 0 fully saturated rings. The summed E-state index contributed by atoms with van der Waals surface area (Å²) in [6.45, 7) is 3.29. The van der Waals surface area contributed by atoms with E-state index in [9.17, 15) is 8.42 Å².